The zero-order valence-electron chi connectivity index (χ0n) is 18.8. The van der Waals surface area contributed by atoms with Gasteiger partial charge in [0.15, 0.2) is 5.82 Å². The van der Waals surface area contributed by atoms with Crippen molar-refractivity contribution in [3.8, 4) is 28.3 Å². The van der Waals surface area contributed by atoms with Crippen LogP contribution in [0, 0.1) is 5.82 Å². The number of hydrogen-bond acceptors (Lipinski definition) is 3. The van der Waals surface area contributed by atoms with Crippen LogP contribution in [0.5, 0.6) is 0 Å². The van der Waals surface area contributed by atoms with E-state index in [2.05, 4.69) is 0 Å². The van der Waals surface area contributed by atoms with Gasteiger partial charge in [0.05, 0.1) is 22.3 Å². The van der Waals surface area contributed by atoms with Crippen molar-refractivity contribution in [2.45, 2.75) is 0 Å². The van der Waals surface area contributed by atoms with E-state index in [0.29, 0.717) is 44.3 Å². The molecule has 0 aliphatic carbocycles. The van der Waals surface area contributed by atoms with Crippen molar-refractivity contribution in [1.29, 1.82) is 0 Å². The van der Waals surface area contributed by atoms with Crippen molar-refractivity contribution in [3.63, 3.8) is 0 Å². The lowest BCUT2D eigenvalue weighted by atomic mass is 10.1. The van der Waals surface area contributed by atoms with Crippen molar-refractivity contribution in [2.75, 3.05) is 0 Å². The molecule has 0 saturated carbocycles. The summed E-state index contributed by atoms with van der Waals surface area (Å²) in [7, 11) is 0. The van der Waals surface area contributed by atoms with Gasteiger partial charge in [-0.3, -0.25) is 9.36 Å². The van der Waals surface area contributed by atoms with Crippen LogP contribution in [0.25, 0.3) is 39.4 Å². The van der Waals surface area contributed by atoms with Gasteiger partial charge in [0, 0.05) is 22.3 Å². The van der Waals surface area contributed by atoms with Gasteiger partial charge in [-0.15, -0.1) is 0 Å². The Labute approximate surface area is 211 Å². The molecule has 0 unspecified atom stereocenters. The van der Waals surface area contributed by atoms with Crippen LogP contribution < -0.4 is 0 Å². The van der Waals surface area contributed by atoms with Gasteiger partial charge < -0.3 is 0 Å². The molecule has 0 atom stereocenters. The van der Waals surface area contributed by atoms with E-state index in [0.717, 1.165) is 5.69 Å². The number of carbonyl (C=O) groups excluding carboxylic acids is 1. The molecule has 7 heteroatoms. The van der Waals surface area contributed by atoms with Gasteiger partial charge in [-0.2, -0.15) is 5.10 Å². The lowest BCUT2D eigenvalue weighted by molar-refractivity contribution is 0.0966. The lowest BCUT2D eigenvalue weighted by Gasteiger charge is -2.09. The highest BCUT2D eigenvalue weighted by Crippen LogP contribution is 2.34. The van der Waals surface area contributed by atoms with E-state index in [-0.39, 0.29) is 11.7 Å². The van der Waals surface area contributed by atoms with Crippen molar-refractivity contribution in [3.05, 3.63) is 126 Å². The molecule has 0 saturated heterocycles. The number of imidazole rings is 1. The summed E-state index contributed by atoms with van der Waals surface area (Å²) in [5.74, 6) is -0.140. The number of halogens is 2. The quantitative estimate of drug-likeness (QED) is 0.265. The minimum Gasteiger partial charge on any atom is -0.268 e. The Morgan fingerprint density at radius 2 is 1.50 bits per heavy atom. The molecular formula is C29H18ClFN4O. The van der Waals surface area contributed by atoms with E-state index in [1.807, 2.05) is 60.8 Å². The molecule has 6 rings (SSSR count). The Balaban J connectivity index is 1.62. The van der Waals surface area contributed by atoms with Crippen molar-refractivity contribution in [1.82, 2.24) is 19.3 Å². The third-order valence-corrected chi connectivity index (χ3v) is 6.20. The maximum Gasteiger partial charge on any atom is 0.264 e. The highest BCUT2D eigenvalue weighted by atomic mass is 35.5. The number of fused-ring (bicyclic) bond motifs is 1. The summed E-state index contributed by atoms with van der Waals surface area (Å²) >= 11 is 6.06. The molecule has 0 radical (unpaired) electrons. The van der Waals surface area contributed by atoms with Gasteiger partial charge >= 0.3 is 0 Å². The van der Waals surface area contributed by atoms with E-state index >= 15 is 0 Å². The lowest BCUT2D eigenvalue weighted by Crippen LogP contribution is -2.13. The average molecular weight is 493 g/mol. The molecule has 174 valence electrons. The summed E-state index contributed by atoms with van der Waals surface area (Å²) in [6, 6.07) is 30.0. The minimum absolute atomic E-state index is 0.243. The van der Waals surface area contributed by atoms with Gasteiger partial charge in [-0.05, 0) is 72.8 Å². The molecule has 0 bridgehead atoms. The van der Waals surface area contributed by atoms with Crippen LogP contribution in [0.4, 0.5) is 4.39 Å². The normalized spacial score (nSPS) is 11.2. The third kappa shape index (κ3) is 3.87. The zero-order chi connectivity index (χ0) is 24.6. The van der Waals surface area contributed by atoms with Crippen LogP contribution in [0.2, 0.25) is 5.02 Å². The number of benzene rings is 4. The van der Waals surface area contributed by atoms with Crippen LogP contribution in [-0.2, 0) is 0 Å². The van der Waals surface area contributed by atoms with Gasteiger partial charge in [-0.1, -0.05) is 41.9 Å². The van der Waals surface area contributed by atoms with Crippen molar-refractivity contribution < 1.29 is 9.18 Å². The van der Waals surface area contributed by atoms with E-state index in [1.165, 1.54) is 12.1 Å². The second-order valence-corrected chi connectivity index (χ2v) is 8.69. The standard InChI is InChI=1S/C29H18ClFN4O/c30-21-14-10-20(11-15-21)29(36)35-26-9-5-4-8-25(26)32-28(35)24-18-34(23-6-2-1-3-7-23)33-27(24)19-12-16-22(31)17-13-19/h1-18H. The summed E-state index contributed by atoms with van der Waals surface area (Å²) in [6.45, 7) is 0. The van der Waals surface area contributed by atoms with Gasteiger partial charge in [0.1, 0.15) is 11.5 Å². The second kappa shape index (κ2) is 8.91. The van der Waals surface area contributed by atoms with Crippen LogP contribution in [-0.4, -0.2) is 25.2 Å². The fourth-order valence-corrected chi connectivity index (χ4v) is 4.33. The Morgan fingerprint density at radius 1 is 0.806 bits per heavy atom. The van der Waals surface area contributed by atoms with Crippen LogP contribution in [0.15, 0.2) is 109 Å². The summed E-state index contributed by atoms with van der Waals surface area (Å²) in [5, 5.41) is 5.37. The number of aromatic nitrogens is 4. The topological polar surface area (TPSA) is 52.7 Å². The summed E-state index contributed by atoms with van der Waals surface area (Å²) in [6.07, 6.45) is 1.85. The van der Waals surface area contributed by atoms with E-state index in [1.54, 1.807) is 45.6 Å². The zero-order valence-corrected chi connectivity index (χ0v) is 19.6. The molecule has 5 nitrogen and oxygen atoms in total. The number of para-hydroxylation sites is 3. The maximum absolute atomic E-state index is 13.8. The number of carbonyl (C=O) groups is 1. The van der Waals surface area contributed by atoms with Crippen LogP contribution in [0.1, 0.15) is 10.4 Å². The summed E-state index contributed by atoms with van der Waals surface area (Å²) in [5.41, 5.74) is 4.60. The number of nitrogens with zero attached hydrogens (tertiary/aromatic N) is 4. The van der Waals surface area contributed by atoms with E-state index in [9.17, 15) is 9.18 Å². The number of rotatable bonds is 4. The largest absolute Gasteiger partial charge is 0.268 e. The highest BCUT2D eigenvalue weighted by Gasteiger charge is 2.24. The predicted molar refractivity (Wildman–Crippen MR) is 139 cm³/mol. The van der Waals surface area contributed by atoms with Crippen LogP contribution >= 0.6 is 11.6 Å². The SMILES string of the molecule is O=C(c1ccc(Cl)cc1)n1c(-c2cn(-c3ccccc3)nc2-c2ccc(F)cc2)nc2ccccc21. The molecule has 0 N–H and O–H groups in total. The molecule has 0 aliphatic heterocycles. The molecule has 0 amide bonds. The number of hydrogen-bond donors (Lipinski definition) is 0. The molecule has 0 aliphatic rings. The molecule has 0 fully saturated rings. The second-order valence-electron chi connectivity index (χ2n) is 8.25. The smallest absolute Gasteiger partial charge is 0.264 e. The van der Waals surface area contributed by atoms with Crippen molar-refractivity contribution >= 4 is 28.5 Å². The van der Waals surface area contributed by atoms with Crippen molar-refractivity contribution in [2.24, 2.45) is 0 Å². The Bertz CT molecular complexity index is 1700. The van der Waals surface area contributed by atoms with Crippen LogP contribution in [0.3, 0.4) is 0 Å². The van der Waals surface area contributed by atoms with Gasteiger partial charge in [-0.25, -0.2) is 14.1 Å². The molecule has 2 aromatic heterocycles. The Hall–Kier alpha value is -4.55. The van der Waals surface area contributed by atoms with E-state index < -0.39 is 0 Å². The average Bonchev–Trinajstić information content (AvgIpc) is 3.52. The molecule has 0 spiro atoms. The Morgan fingerprint density at radius 3 is 2.25 bits per heavy atom. The van der Waals surface area contributed by atoms with Gasteiger partial charge in [0.25, 0.3) is 5.91 Å². The molecular weight excluding hydrogens is 475 g/mol. The Kier molecular flexibility index (Phi) is 5.43. The molecule has 36 heavy (non-hydrogen) atoms. The van der Waals surface area contributed by atoms with E-state index in [4.69, 9.17) is 21.7 Å². The third-order valence-electron chi connectivity index (χ3n) is 5.95. The first-order chi connectivity index (χ1) is 17.6. The first kappa shape index (κ1) is 21.9. The predicted octanol–water partition coefficient (Wildman–Crippen LogP) is 7.04. The minimum atomic E-state index is -0.340. The first-order valence-electron chi connectivity index (χ1n) is 11.3. The fourth-order valence-electron chi connectivity index (χ4n) is 4.21. The molecule has 2 heterocycles. The first-order valence-corrected chi connectivity index (χ1v) is 11.7. The molecule has 6 aromatic rings. The fraction of sp³-hybridized carbons (Fsp3) is 0. The summed E-state index contributed by atoms with van der Waals surface area (Å²) in [4.78, 5) is 18.6. The summed E-state index contributed by atoms with van der Waals surface area (Å²) < 4.78 is 17.1. The monoisotopic (exact) mass is 492 g/mol. The highest BCUT2D eigenvalue weighted by molar-refractivity contribution is 6.30. The molecule has 4 aromatic carbocycles. The maximum atomic E-state index is 13.8. The van der Waals surface area contributed by atoms with Gasteiger partial charge in [0.2, 0.25) is 0 Å².